The third-order valence-electron chi connectivity index (χ3n) is 8.60. The lowest BCUT2D eigenvalue weighted by molar-refractivity contribution is -0.140. The third kappa shape index (κ3) is 3.22. The first-order valence-electron chi connectivity index (χ1n) is 12.7. The van der Waals surface area contributed by atoms with E-state index < -0.39 is 17.2 Å². The van der Waals surface area contributed by atoms with Crippen LogP contribution in [0.2, 0.25) is 0 Å². The van der Waals surface area contributed by atoms with Gasteiger partial charge in [-0.25, -0.2) is 13.3 Å². The Bertz CT molecular complexity index is 1290. The number of anilines is 1. The van der Waals surface area contributed by atoms with Crippen molar-refractivity contribution < 1.29 is 18.3 Å². The average molecular weight is 479 g/mol. The van der Waals surface area contributed by atoms with Crippen LogP contribution < -0.4 is 4.90 Å². The summed E-state index contributed by atoms with van der Waals surface area (Å²) in [6.07, 6.45) is 7.79. The number of carbonyl (C=O) groups excluding carboxylic acids is 1. The number of hydrogen-bond acceptors (Lipinski definition) is 4. The van der Waals surface area contributed by atoms with Crippen LogP contribution in [0.1, 0.15) is 68.0 Å². The fraction of sp³-hybridized carbons (Fsp3) is 0.481. The normalized spacial score (nSPS) is 26.1. The molecule has 6 nitrogen and oxygen atoms in total. The first-order valence-corrected chi connectivity index (χ1v) is 12.7. The number of halogens is 2. The topological polar surface area (TPSA) is 50.1 Å². The van der Waals surface area contributed by atoms with Crippen LogP contribution >= 0.6 is 0 Å². The first-order chi connectivity index (χ1) is 17.0. The number of amides is 1. The summed E-state index contributed by atoms with van der Waals surface area (Å²) in [4.78, 5) is 17.7. The van der Waals surface area contributed by atoms with Crippen molar-refractivity contribution in [2.45, 2.75) is 68.7 Å². The fourth-order valence-corrected chi connectivity index (χ4v) is 6.57. The van der Waals surface area contributed by atoms with Crippen molar-refractivity contribution in [2.75, 3.05) is 18.0 Å². The van der Waals surface area contributed by atoms with Crippen molar-refractivity contribution in [2.24, 2.45) is 0 Å². The summed E-state index contributed by atoms with van der Waals surface area (Å²) in [5.74, 6) is 0.394. The van der Waals surface area contributed by atoms with E-state index in [4.69, 9.17) is 4.74 Å². The van der Waals surface area contributed by atoms with Crippen molar-refractivity contribution in [1.29, 1.82) is 0 Å². The van der Waals surface area contributed by atoms with Crippen LogP contribution in [0.15, 0.2) is 42.6 Å². The van der Waals surface area contributed by atoms with E-state index in [2.05, 4.69) is 28.2 Å². The molecule has 1 aromatic carbocycles. The van der Waals surface area contributed by atoms with Crippen molar-refractivity contribution in [3.63, 3.8) is 0 Å². The molecule has 5 heterocycles. The van der Waals surface area contributed by atoms with E-state index >= 15 is 0 Å². The van der Waals surface area contributed by atoms with E-state index in [1.165, 1.54) is 42.5 Å². The third-order valence-corrected chi connectivity index (χ3v) is 8.60. The van der Waals surface area contributed by atoms with Crippen LogP contribution in [-0.2, 0) is 9.53 Å². The zero-order valence-corrected chi connectivity index (χ0v) is 19.5. The molecule has 1 saturated carbocycles. The standard InChI is InChI=1S/C27H28F2N4O2/c28-19-14-18(15-20(29)16-19)22-5-7-25-32(22)26(34)27(35-25)9-12-31(13-10-27)24-6-4-21(17-2-1-3-17)23-8-11-30-33(23)24/h4,6,8,11,14-17,22,25H,1-3,5,7,9-10,12-13H2/t22-,25-/m1/s1. The molecule has 0 bridgehead atoms. The molecule has 4 fully saturated rings. The maximum absolute atomic E-state index is 13.9. The minimum atomic E-state index is -0.860. The quantitative estimate of drug-likeness (QED) is 0.535. The van der Waals surface area contributed by atoms with Crippen molar-refractivity contribution in [3.05, 3.63) is 65.4 Å². The van der Waals surface area contributed by atoms with Crippen LogP contribution in [0.25, 0.3) is 5.52 Å². The molecular weight excluding hydrogens is 450 g/mol. The molecule has 1 amide bonds. The highest BCUT2D eigenvalue weighted by Gasteiger charge is 2.58. The van der Waals surface area contributed by atoms with Crippen LogP contribution in [0.4, 0.5) is 14.6 Å². The highest BCUT2D eigenvalue weighted by Crippen LogP contribution is 2.48. The van der Waals surface area contributed by atoms with Gasteiger partial charge in [-0.15, -0.1) is 0 Å². The second-order valence-corrected chi connectivity index (χ2v) is 10.5. The predicted octanol–water partition coefficient (Wildman–Crippen LogP) is 4.94. The maximum atomic E-state index is 13.9. The summed E-state index contributed by atoms with van der Waals surface area (Å²) in [7, 11) is 0. The molecule has 3 aliphatic heterocycles. The molecule has 0 unspecified atom stereocenters. The lowest BCUT2D eigenvalue weighted by atomic mass is 9.80. The summed E-state index contributed by atoms with van der Waals surface area (Å²) >= 11 is 0. The Morgan fingerprint density at radius 1 is 0.971 bits per heavy atom. The number of rotatable bonds is 3. The highest BCUT2D eigenvalue weighted by atomic mass is 19.1. The molecular formula is C27H28F2N4O2. The number of pyridine rings is 1. The highest BCUT2D eigenvalue weighted by molar-refractivity contribution is 5.88. The Morgan fingerprint density at radius 3 is 2.46 bits per heavy atom. The monoisotopic (exact) mass is 478 g/mol. The molecule has 2 aromatic heterocycles. The number of ether oxygens (including phenoxy) is 1. The van der Waals surface area contributed by atoms with E-state index in [1.807, 2.05) is 10.7 Å². The molecule has 8 heteroatoms. The van der Waals surface area contributed by atoms with Crippen molar-refractivity contribution in [1.82, 2.24) is 14.5 Å². The molecule has 1 spiro atoms. The second kappa shape index (κ2) is 7.75. The van der Waals surface area contributed by atoms with Gasteiger partial charge >= 0.3 is 0 Å². The smallest absolute Gasteiger partial charge is 0.257 e. The van der Waals surface area contributed by atoms with Crippen LogP contribution in [-0.4, -0.2) is 45.3 Å². The van der Waals surface area contributed by atoms with Gasteiger partial charge in [0, 0.05) is 32.0 Å². The Kier molecular flexibility index (Phi) is 4.72. The van der Waals surface area contributed by atoms with Crippen LogP contribution in [0, 0.1) is 11.6 Å². The summed E-state index contributed by atoms with van der Waals surface area (Å²) in [5.41, 5.74) is 2.19. The van der Waals surface area contributed by atoms with Gasteiger partial charge in [-0.3, -0.25) is 4.79 Å². The number of nitrogens with zero attached hydrogens (tertiary/aromatic N) is 4. The zero-order valence-electron chi connectivity index (χ0n) is 19.5. The van der Waals surface area contributed by atoms with Crippen molar-refractivity contribution in [3.8, 4) is 0 Å². The molecule has 182 valence electrons. The number of carbonyl (C=O) groups is 1. The molecule has 0 radical (unpaired) electrons. The molecule has 3 saturated heterocycles. The largest absolute Gasteiger partial charge is 0.356 e. The number of aromatic nitrogens is 2. The number of benzene rings is 1. The van der Waals surface area contributed by atoms with E-state index in [9.17, 15) is 13.6 Å². The van der Waals surface area contributed by atoms with E-state index in [1.54, 1.807) is 4.90 Å². The van der Waals surface area contributed by atoms with Gasteiger partial charge in [0.15, 0.2) is 5.60 Å². The second-order valence-electron chi connectivity index (χ2n) is 10.5. The molecule has 35 heavy (non-hydrogen) atoms. The minimum Gasteiger partial charge on any atom is -0.356 e. The molecule has 1 aliphatic carbocycles. The number of fused-ring (bicyclic) bond motifs is 2. The zero-order chi connectivity index (χ0) is 23.7. The van der Waals surface area contributed by atoms with Gasteiger partial charge in [0.2, 0.25) is 0 Å². The Morgan fingerprint density at radius 2 is 1.74 bits per heavy atom. The Labute approximate surface area is 202 Å². The van der Waals surface area contributed by atoms with Crippen molar-refractivity contribution >= 4 is 17.2 Å². The van der Waals surface area contributed by atoms with Gasteiger partial charge in [0.25, 0.3) is 5.91 Å². The fourth-order valence-electron chi connectivity index (χ4n) is 6.57. The molecule has 2 atom stereocenters. The first kappa shape index (κ1) is 21.3. The minimum absolute atomic E-state index is 0.0427. The van der Waals surface area contributed by atoms with E-state index in [-0.39, 0.29) is 18.2 Å². The van der Waals surface area contributed by atoms with E-state index in [0.29, 0.717) is 50.3 Å². The summed E-state index contributed by atoms with van der Waals surface area (Å²) in [6.45, 7) is 1.37. The lowest BCUT2D eigenvalue weighted by Crippen LogP contribution is -2.50. The van der Waals surface area contributed by atoms with Crippen LogP contribution in [0.5, 0.6) is 0 Å². The summed E-state index contributed by atoms with van der Waals surface area (Å²) < 4.78 is 36.2. The lowest BCUT2D eigenvalue weighted by Gasteiger charge is -2.39. The predicted molar refractivity (Wildman–Crippen MR) is 126 cm³/mol. The SMILES string of the molecule is O=C1N2[C@@H](c3cc(F)cc(F)c3)CC[C@H]2OC12CCN(c1ccc(C3CCC3)c3ccnn13)CC2. The van der Waals surface area contributed by atoms with E-state index in [0.717, 1.165) is 11.9 Å². The van der Waals surface area contributed by atoms with Gasteiger partial charge < -0.3 is 14.5 Å². The van der Waals surface area contributed by atoms with Crippen LogP contribution in [0.3, 0.4) is 0 Å². The molecule has 4 aliphatic rings. The van der Waals surface area contributed by atoms with Gasteiger partial charge in [-0.05, 0) is 67.0 Å². The summed E-state index contributed by atoms with van der Waals surface area (Å²) in [5, 5.41) is 4.61. The number of hydrogen-bond donors (Lipinski definition) is 0. The maximum Gasteiger partial charge on any atom is 0.257 e. The van der Waals surface area contributed by atoms with Gasteiger partial charge in [0.05, 0.1) is 17.8 Å². The summed E-state index contributed by atoms with van der Waals surface area (Å²) in [6, 6.07) is 9.68. The van der Waals surface area contributed by atoms with Gasteiger partial charge in [-0.1, -0.05) is 12.5 Å². The molecule has 7 rings (SSSR count). The average Bonchev–Trinajstić information content (AvgIpc) is 3.50. The molecule has 0 N–H and O–H groups in total. The van der Waals surface area contributed by atoms with Gasteiger partial charge in [-0.2, -0.15) is 5.10 Å². The number of piperidine rings is 1. The Balaban J connectivity index is 1.11. The Hall–Kier alpha value is -3.00. The van der Waals surface area contributed by atoms with Gasteiger partial charge in [0.1, 0.15) is 23.7 Å². The molecule has 3 aromatic rings.